The number of ketones is 1. The summed E-state index contributed by atoms with van der Waals surface area (Å²) in [6.45, 7) is 1.63. The Morgan fingerprint density at radius 1 is 1.21 bits per heavy atom. The zero-order valence-electron chi connectivity index (χ0n) is 15.2. The molecule has 144 valence electrons. The van der Waals surface area contributed by atoms with Crippen molar-refractivity contribution in [2.45, 2.75) is 18.6 Å². The van der Waals surface area contributed by atoms with Crippen LogP contribution in [0, 0.1) is 17.0 Å². The number of aromatic nitrogens is 2. The van der Waals surface area contributed by atoms with Crippen LogP contribution in [0.2, 0.25) is 0 Å². The molecule has 0 bridgehead atoms. The Balaban J connectivity index is 1.60. The summed E-state index contributed by atoms with van der Waals surface area (Å²) >= 11 is 1.10. The molecule has 0 aliphatic rings. The minimum Gasteiger partial charge on any atom is -0.497 e. The Morgan fingerprint density at radius 3 is 2.64 bits per heavy atom. The van der Waals surface area contributed by atoms with E-state index in [1.807, 2.05) is 24.3 Å². The fourth-order valence-corrected chi connectivity index (χ4v) is 3.15. The Bertz CT molecular complexity index is 1000. The molecule has 8 nitrogen and oxygen atoms in total. The second kappa shape index (κ2) is 8.66. The van der Waals surface area contributed by atoms with Crippen LogP contribution in [0.25, 0.3) is 0 Å². The number of carbonyl (C=O) groups is 1. The third kappa shape index (κ3) is 4.74. The van der Waals surface area contributed by atoms with E-state index in [9.17, 15) is 14.9 Å². The Kier molecular flexibility index (Phi) is 6.05. The number of rotatable bonds is 8. The van der Waals surface area contributed by atoms with Gasteiger partial charge < -0.3 is 9.15 Å². The molecule has 0 amide bonds. The van der Waals surface area contributed by atoms with Crippen molar-refractivity contribution in [3.05, 3.63) is 75.2 Å². The summed E-state index contributed by atoms with van der Waals surface area (Å²) in [5.41, 5.74) is 1.71. The summed E-state index contributed by atoms with van der Waals surface area (Å²) < 4.78 is 10.7. The third-order valence-corrected chi connectivity index (χ3v) is 4.84. The molecule has 1 heterocycles. The maximum Gasteiger partial charge on any atom is 0.277 e. The van der Waals surface area contributed by atoms with Crippen LogP contribution >= 0.6 is 11.8 Å². The van der Waals surface area contributed by atoms with Crippen molar-refractivity contribution in [1.82, 2.24) is 10.2 Å². The Hall–Kier alpha value is -3.20. The van der Waals surface area contributed by atoms with Crippen LogP contribution in [-0.2, 0) is 6.42 Å². The normalized spacial score (nSPS) is 10.6. The van der Waals surface area contributed by atoms with Crippen molar-refractivity contribution in [2.24, 2.45) is 0 Å². The number of carbonyl (C=O) groups excluding carboxylic acids is 1. The van der Waals surface area contributed by atoms with E-state index >= 15 is 0 Å². The number of benzene rings is 2. The fourth-order valence-electron chi connectivity index (χ4n) is 2.48. The summed E-state index contributed by atoms with van der Waals surface area (Å²) in [7, 11) is 1.60. The Morgan fingerprint density at radius 2 is 1.96 bits per heavy atom. The van der Waals surface area contributed by atoms with Gasteiger partial charge in [-0.1, -0.05) is 36.0 Å². The highest BCUT2D eigenvalue weighted by Crippen LogP contribution is 2.23. The maximum absolute atomic E-state index is 12.3. The van der Waals surface area contributed by atoms with Crippen LogP contribution in [-0.4, -0.2) is 33.8 Å². The Labute approximate surface area is 165 Å². The van der Waals surface area contributed by atoms with Crippen molar-refractivity contribution < 1.29 is 18.9 Å². The van der Waals surface area contributed by atoms with Crippen molar-refractivity contribution in [3.63, 3.8) is 0 Å². The molecule has 0 atom stereocenters. The lowest BCUT2D eigenvalue weighted by molar-refractivity contribution is -0.385. The van der Waals surface area contributed by atoms with E-state index in [1.54, 1.807) is 26.2 Å². The van der Waals surface area contributed by atoms with Gasteiger partial charge in [0.2, 0.25) is 5.89 Å². The van der Waals surface area contributed by atoms with Crippen LogP contribution in [0.5, 0.6) is 5.75 Å². The van der Waals surface area contributed by atoms with E-state index in [4.69, 9.17) is 9.15 Å². The first kappa shape index (κ1) is 19.6. The monoisotopic (exact) mass is 399 g/mol. The first-order valence-corrected chi connectivity index (χ1v) is 9.31. The molecular formula is C19H17N3O5S. The molecule has 1 aromatic heterocycles. The summed E-state index contributed by atoms with van der Waals surface area (Å²) in [6, 6.07) is 11.9. The van der Waals surface area contributed by atoms with Gasteiger partial charge in [-0.25, -0.2) is 0 Å². The number of methoxy groups -OCH3 is 1. The topological polar surface area (TPSA) is 108 Å². The molecule has 0 saturated heterocycles. The van der Waals surface area contributed by atoms with Crippen molar-refractivity contribution in [3.8, 4) is 5.75 Å². The minimum absolute atomic E-state index is 0.0460. The fraction of sp³-hybridized carbons (Fsp3) is 0.211. The molecule has 0 spiro atoms. The third-order valence-electron chi connectivity index (χ3n) is 4.02. The molecule has 0 fully saturated rings. The standard InChI is InChI=1S/C19H17N3O5S/c1-12-3-6-14(10-16(12)22(24)25)17(23)11-28-19-21-20-18(27-19)9-13-4-7-15(26-2)8-5-13/h3-8,10H,9,11H2,1-2H3. The van der Waals surface area contributed by atoms with Gasteiger partial charge in [0.15, 0.2) is 5.78 Å². The number of ether oxygens (including phenoxy) is 1. The van der Waals surface area contributed by atoms with Crippen LogP contribution in [0.15, 0.2) is 52.1 Å². The predicted octanol–water partition coefficient (Wildman–Crippen LogP) is 3.86. The molecule has 3 aromatic rings. The highest BCUT2D eigenvalue weighted by Gasteiger charge is 2.16. The zero-order valence-corrected chi connectivity index (χ0v) is 16.1. The summed E-state index contributed by atoms with van der Waals surface area (Å²) in [5.74, 6) is 0.999. The van der Waals surface area contributed by atoms with Gasteiger partial charge in [0, 0.05) is 17.2 Å². The van der Waals surface area contributed by atoms with Gasteiger partial charge in [-0.2, -0.15) is 0 Å². The van der Waals surface area contributed by atoms with Crippen molar-refractivity contribution >= 4 is 23.2 Å². The number of Topliss-reactive ketones (excluding diaryl/α,β-unsaturated/α-hetero) is 1. The van der Waals surface area contributed by atoms with E-state index in [-0.39, 0.29) is 28.0 Å². The molecule has 0 unspecified atom stereocenters. The number of hydrogen-bond acceptors (Lipinski definition) is 8. The number of thioether (sulfide) groups is 1. The van der Waals surface area contributed by atoms with Gasteiger partial charge in [0.05, 0.1) is 24.2 Å². The molecule has 0 N–H and O–H groups in total. The van der Waals surface area contributed by atoms with E-state index < -0.39 is 4.92 Å². The SMILES string of the molecule is COc1ccc(Cc2nnc(SCC(=O)c3ccc(C)c([N+](=O)[O-])c3)o2)cc1. The first-order chi connectivity index (χ1) is 13.5. The van der Waals surface area contributed by atoms with E-state index in [0.717, 1.165) is 23.1 Å². The lowest BCUT2D eigenvalue weighted by Gasteiger charge is -2.02. The van der Waals surface area contributed by atoms with Gasteiger partial charge in [0.25, 0.3) is 10.9 Å². The lowest BCUT2D eigenvalue weighted by atomic mass is 10.1. The van der Waals surface area contributed by atoms with Crippen LogP contribution in [0.4, 0.5) is 5.69 Å². The van der Waals surface area contributed by atoms with Gasteiger partial charge in [0.1, 0.15) is 5.75 Å². The molecule has 0 aliphatic carbocycles. The van der Waals surface area contributed by atoms with E-state index in [2.05, 4.69) is 10.2 Å². The molecule has 0 aliphatic heterocycles. The molecule has 2 aromatic carbocycles. The zero-order chi connectivity index (χ0) is 20.1. The summed E-state index contributed by atoms with van der Waals surface area (Å²) in [4.78, 5) is 22.8. The maximum atomic E-state index is 12.3. The number of hydrogen-bond donors (Lipinski definition) is 0. The van der Waals surface area contributed by atoms with Crippen LogP contribution < -0.4 is 4.74 Å². The van der Waals surface area contributed by atoms with Gasteiger partial charge in [-0.3, -0.25) is 14.9 Å². The van der Waals surface area contributed by atoms with Gasteiger partial charge in [-0.15, -0.1) is 10.2 Å². The number of nitro benzene ring substituents is 1. The van der Waals surface area contributed by atoms with Gasteiger partial charge >= 0.3 is 0 Å². The highest BCUT2D eigenvalue weighted by molar-refractivity contribution is 7.99. The van der Waals surface area contributed by atoms with E-state index in [1.165, 1.54) is 6.07 Å². The second-order valence-electron chi connectivity index (χ2n) is 5.96. The molecule has 3 rings (SSSR count). The molecule has 28 heavy (non-hydrogen) atoms. The predicted molar refractivity (Wildman–Crippen MR) is 103 cm³/mol. The molecule has 0 radical (unpaired) electrons. The summed E-state index contributed by atoms with van der Waals surface area (Å²) in [5, 5.41) is 19.2. The molecule has 9 heteroatoms. The average Bonchev–Trinajstić information content (AvgIpc) is 3.14. The second-order valence-corrected chi connectivity index (χ2v) is 6.88. The lowest BCUT2D eigenvalue weighted by Crippen LogP contribution is -2.04. The highest BCUT2D eigenvalue weighted by atomic mass is 32.2. The summed E-state index contributed by atoms with van der Waals surface area (Å²) in [6.07, 6.45) is 0.468. The van der Waals surface area contributed by atoms with Crippen molar-refractivity contribution in [1.29, 1.82) is 0 Å². The van der Waals surface area contributed by atoms with Gasteiger partial charge in [-0.05, 0) is 24.6 Å². The quantitative estimate of drug-likeness (QED) is 0.243. The smallest absolute Gasteiger partial charge is 0.277 e. The van der Waals surface area contributed by atoms with Crippen LogP contribution in [0.3, 0.4) is 0 Å². The number of aryl methyl sites for hydroxylation is 1. The number of nitro groups is 1. The number of nitrogens with zero attached hydrogens (tertiary/aromatic N) is 3. The first-order valence-electron chi connectivity index (χ1n) is 8.32. The molecular weight excluding hydrogens is 382 g/mol. The minimum atomic E-state index is -0.497. The van der Waals surface area contributed by atoms with Crippen molar-refractivity contribution in [2.75, 3.05) is 12.9 Å². The largest absolute Gasteiger partial charge is 0.497 e. The average molecular weight is 399 g/mol. The van der Waals surface area contributed by atoms with Crippen LogP contribution in [0.1, 0.15) is 27.4 Å². The van der Waals surface area contributed by atoms with E-state index in [0.29, 0.717) is 17.9 Å². The molecule has 0 saturated carbocycles.